The number of hydrogen-bond donors (Lipinski definition) is 1. The minimum absolute atomic E-state index is 0.0940. The molecule has 5 atom stereocenters. The van der Waals surface area contributed by atoms with Crippen LogP contribution in [0.1, 0.15) is 41.3 Å². The zero-order chi connectivity index (χ0) is 19.0. The first-order chi connectivity index (χ1) is 13.6. The molecule has 1 amide bonds. The predicted molar refractivity (Wildman–Crippen MR) is 106 cm³/mol. The zero-order valence-corrected chi connectivity index (χ0v) is 17.2. The SMILES string of the molecule is Cc1noc(C)c1-c1nc2c(s1)CCC(C(=O)N1C[C@@H]3[C@H](C1)[C@@H]1CC[C@H]3N1)C2. The van der Waals surface area contributed by atoms with Gasteiger partial charge in [0, 0.05) is 42.4 Å². The Balaban J connectivity index is 1.19. The van der Waals surface area contributed by atoms with Crippen molar-refractivity contribution in [1.29, 1.82) is 0 Å². The van der Waals surface area contributed by atoms with Crippen LogP contribution in [0.25, 0.3) is 10.6 Å². The number of hydrogen-bond acceptors (Lipinski definition) is 6. The van der Waals surface area contributed by atoms with Crippen LogP contribution in [0.5, 0.6) is 0 Å². The minimum atomic E-state index is 0.0940. The molecule has 2 aromatic rings. The van der Waals surface area contributed by atoms with E-state index in [1.165, 1.54) is 17.7 Å². The van der Waals surface area contributed by atoms with Crippen molar-refractivity contribution in [3.63, 3.8) is 0 Å². The molecule has 7 heteroatoms. The third-order valence-electron chi connectivity index (χ3n) is 7.51. The summed E-state index contributed by atoms with van der Waals surface area (Å²) in [7, 11) is 0. The molecule has 6 rings (SSSR count). The van der Waals surface area contributed by atoms with Gasteiger partial charge in [-0.05, 0) is 51.4 Å². The fraction of sp³-hybridized carbons (Fsp3) is 0.667. The van der Waals surface area contributed by atoms with Crippen molar-refractivity contribution in [2.24, 2.45) is 17.8 Å². The smallest absolute Gasteiger partial charge is 0.226 e. The molecule has 4 aliphatic rings. The molecule has 1 unspecified atom stereocenters. The Morgan fingerprint density at radius 2 is 1.93 bits per heavy atom. The van der Waals surface area contributed by atoms with Gasteiger partial charge in [-0.2, -0.15) is 0 Å². The van der Waals surface area contributed by atoms with Gasteiger partial charge in [-0.25, -0.2) is 4.98 Å². The molecule has 3 fully saturated rings. The first-order valence-electron chi connectivity index (χ1n) is 10.5. The molecule has 3 saturated heterocycles. The van der Waals surface area contributed by atoms with Gasteiger partial charge in [0.25, 0.3) is 0 Å². The largest absolute Gasteiger partial charge is 0.361 e. The number of thiazole rings is 1. The number of fused-ring (bicyclic) bond motifs is 6. The van der Waals surface area contributed by atoms with Crippen LogP contribution >= 0.6 is 11.3 Å². The molecule has 28 heavy (non-hydrogen) atoms. The molecule has 1 N–H and O–H groups in total. The maximum atomic E-state index is 13.3. The number of carbonyl (C=O) groups is 1. The van der Waals surface area contributed by atoms with Crippen LogP contribution in [0.15, 0.2) is 4.52 Å². The van der Waals surface area contributed by atoms with Gasteiger partial charge >= 0.3 is 0 Å². The van der Waals surface area contributed by atoms with E-state index in [0.717, 1.165) is 60.1 Å². The molecule has 148 valence electrons. The summed E-state index contributed by atoms with van der Waals surface area (Å²) in [6, 6.07) is 1.31. The van der Waals surface area contributed by atoms with E-state index >= 15 is 0 Å². The minimum Gasteiger partial charge on any atom is -0.361 e. The maximum Gasteiger partial charge on any atom is 0.226 e. The average Bonchev–Trinajstić information content (AvgIpc) is 3.47. The first-order valence-corrected chi connectivity index (χ1v) is 11.4. The summed E-state index contributed by atoms with van der Waals surface area (Å²) in [5.41, 5.74) is 3.03. The second-order valence-corrected chi connectivity index (χ2v) is 10.1. The number of carbonyl (C=O) groups excluding carboxylic acids is 1. The molecule has 3 aliphatic heterocycles. The molecule has 2 aromatic heterocycles. The van der Waals surface area contributed by atoms with E-state index in [2.05, 4.69) is 15.4 Å². The van der Waals surface area contributed by atoms with Crippen molar-refractivity contribution in [1.82, 2.24) is 20.4 Å². The van der Waals surface area contributed by atoms with Crippen molar-refractivity contribution in [2.75, 3.05) is 13.1 Å². The lowest BCUT2D eigenvalue weighted by Crippen LogP contribution is -2.39. The third-order valence-corrected chi connectivity index (χ3v) is 8.68. The lowest BCUT2D eigenvalue weighted by Gasteiger charge is -2.27. The first kappa shape index (κ1) is 17.2. The number of rotatable bonds is 2. The van der Waals surface area contributed by atoms with E-state index < -0.39 is 0 Å². The summed E-state index contributed by atoms with van der Waals surface area (Å²) >= 11 is 1.75. The Morgan fingerprint density at radius 3 is 2.61 bits per heavy atom. The molecule has 0 aromatic carbocycles. The molecule has 2 bridgehead atoms. The van der Waals surface area contributed by atoms with E-state index in [4.69, 9.17) is 9.51 Å². The van der Waals surface area contributed by atoms with E-state index in [9.17, 15) is 4.79 Å². The van der Waals surface area contributed by atoms with Crippen molar-refractivity contribution in [3.05, 3.63) is 22.0 Å². The number of amides is 1. The number of aromatic nitrogens is 2. The fourth-order valence-electron chi connectivity index (χ4n) is 6.10. The number of likely N-dealkylation sites (tertiary alicyclic amines) is 1. The summed E-state index contributed by atoms with van der Waals surface area (Å²) in [5.74, 6) is 2.66. The highest BCUT2D eigenvalue weighted by atomic mass is 32.1. The standard InChI is InChI=1S/C21H26N4O2S/c1-10-19(11(2)27-24-10)20-23-17-7-12(3-6-18(17)28-20)21(26)25-8-13-14(9-25)16-5-4-15(13)22-16/h12-16,22H,3-9H2,1-2H3/t12?,13-,14+,15-,16+. The number of aryl methyl sites for hydroxylation is 3. The van der Waals surface area contributed by atoms with Crippen LogP contribution in [-0.2, 0) is 17.6 Å². The Kier molecular flexibility index (Phi) is 3.76. The lowest BCUT2D eigenvalue weighted by molar-refractivity contribution is -0.135. The summed E-state index contributed by atoms with van der Waals surface area (Å²) in [5, 5.41) is 8.81. The molecular formula is C21H26N4O2S. The highest BCUT2D eigenvalue weighted by Gasteiger charge is 2.52. The lowest BCUT2D eigenvalue weighted by atomic mass is 9.82. The Morgan fingerprint density at radius 1 is 1.18 bits per heavy atom. The van der Waals surface area contributed by atoms with Gasteiger partial charge in [0.2, 0.25) is 5.91 Å². The van der Waals surface area contributed by atoms with Crippen LogP contribution in [0.3, 0.4) is 0 Å². The van der Waals surface area contributed by atoms with Gasteiger partial charge in [0.05, 0.1) is 17.0 Å². The Bertz CT molecular complexity index is 913. The molecule has 5 heterocycles. The predicted octanol–water partition coefficient (Wildman–Crippen LogP) is 2.73. The summed E-state index contributed by atoms with van der Waals surface area (Å²) in [6.07, 6.45) is 5.28. The molecule has 0 spiro atoms. The fourth-order valence-corrected chi connectivity index (χ4v) is 7.35. The second kappa shape index (κ2) is 6.13. The quantitative estimate of drug-likeness (QED) is 0.842. The van der Waals surface area contributed by atoms with E-state index in [1.807, 2.05) is 13.8 Å². The summed E-state index contributed by atoms with van der Waals surface area (Å²) in [6.45, 7) is 5.82. The Labute approximate surface area is 168 Å². The third kappa shape index (κ3) is 2.45. The van der Waals surface area contributed by atoms with Gasteiger partial charge in [0.1, 0.15) is 10.8 Å². The van der Waals surface area contributed by atoms with Gasteiger partial charge < -0.3 is 14.7 Å². The Hall–Kier alpha value is -1.73. The number of nitrogens with zero attached hydrogens (tertiary/aromatic N) is 3. The van der Waals surface area contributed by atoms with Gasteiger partial charge in [-0.3, -0.25) is 4.79 Å². The van der Waals surface area contributed by atoms with Crippen LogP contribution in [-0.4, -0.2) is 46.1 Å². The van der Waals surface area contributed by atoms with Gasteiger partial charge in [-0.1, -0.05) is 5.16 Å². The van der Waals surface area contributed by atoms with Crippen LogP contribution < -0.4 is 5.32 Å². The van der Waals surface area contributed by atoms with Crippen LogP contribution in [0, 0.1) is 31.6 Å². The van der Waals surface area contributed by atoms with E-state index in [0.29, 0.717) is 29.8 Å². The normalized spacial score (nSPS) is 33.4. The molecule has 0 radical (unpaired) electrons. The zero-order valence-electron chi connectivity index (χ0n) is 16.4. The second-order valence-electron chi connectivity index (χ2n) is 9.06. The van der Waals surface area contributed by atoms with Crippen molar-refractivity contribution in [3.8, 4) is 10.6 Å². The highest BCUT2D eigenvalue weighted by Crippen LogP contribution is 2.44. The summed E-state index contributed by atoms with van der Waals surface area (Å²) in [4.78, 5) is 21.7. The van der Waals surface area contributed by atoms with Crippen LogP contribution in [0.4, 0.5) is 0 Å². The van der Waals surface area contributed by atoms with Crippen molar-refractivity contribution in [2.45, 2.75) is 58.0 Å². The van der Waals surface area contributed by atoms with E-state index in [-0.39, 0.29) is 5.92 Å². The van der Waals surface area contributed by atoms with E-state index in [1.54, 1.807) is 11.3 Å². The van der Waals surface area contributed by atoms with Gasteiger partial charge in [-0.15, -0.1) is 11.3 Å². The average molecular weight is 399 g/mol. The van der Waals surface area contributed by atoms with Gasteiger partial charge in [0.15, 0.2) is 0 Å². The molecule has 0 saturated carbocycles. The van der Waals surface area contributed by atoms with Crippen molar-refractivity contribution >= 4 is 17.2 Å². The van der Waals surface area contributed by atoms with Crippen LogP contribution in [0.2, 0.25) is 0 Å². The molecule has 1 aliphatic carbocycles. The topological polar surface area (TPSA) is 71.3 Å². The summed E-state index contributed by atoms with van der Waals surface area (Å²) < 4.78 is 5.32. The monoisotopic (exact) mass is 398 g/mol. The molecule has 6 nitrogen and oxygen atoms in total. The highest BCUT2D eigenvalue weighted by molar-refractivity contribution is 7.15. The maximum absolute atomic E-state index is 13.3. The molecular weight excluding hydrogens is 372 g/mol. The number of nitrogens with one attached hydrogen (secondary N) is 1. The van der Waals surface area contributed by atoms with Crippen molar-refractivity contribution < 1.29 is 9.32 Å².